The Morgan fingerprint density at radius 1 is 1.39 bits per heavy atom. The number of aromatic nitrogens is 4. The first-order valence-electron chi connectivity index (χ1n) is 9.07. The van der Waals surface area contributed by atoms with Gasteiger partial charge in [0.05, 0.1) is 48.3 Å². The van der Waals surface area contributed by atoms with Gasteiger partial charge in [-0.1, -0.05) is 0 Å². The van der Waals surface area contributed by atoms with Crippen molar-refractivity contribution in [2.75, 3.05) is 6.61 Å². The summed E-state index contributed by atoms with van der Waals surface area (Å²) >= 11 is 0. The van der Waals surface area contributed by atoms with Crippen LogP contribution in [0, 0.1) is 16.7 Å². The Morgan fingerprint density at radius 2 is 2.11 bits per heavy atom. The second-order valence-electron chi connectivity index (χ2n) is 7.80. The van der Waals surface area contributed by atoms with Gasteiger partial charge in [-0.05, 0) is 26.7 Å². The molecule has 2 aromatic rings. The van der Waals surface area contributed by atoms with Crippen LogP contribution in [0.1, 0.15) is 45.0 Å². The van der Waals surface area contributed by atoms with Crippen molar-refractivity contribution in [3.63, 3.8) is 0 Å². The van der Waals surface area contributed by atoms with Crippen molar-refractivity contribution in [1.29, 1.82) is 5.26 Å². The third-order valence-corrected chi connectivity index (χ3v) is 5.60. The van der Waals surface area contributed by atoms with E-state index in [0.717, 1.165) is 12.8 Å². The zero-order valence-corrected chi connectivity index (χ0v) is 15.5. The summed E-state index contributed by atoms with van der Waals surface area (Å²) in [6.45, 7) is 3.13. The molecule has 0 spiro atoms. The molecule has 7 nitrogen and oxygen atoms in total. The first-order chi connectivity index (χ1) is 13.1. The van der Waals surface area contributed by atoms with E-state index in [-0.39, 0.29) is 11.5 Å². The molecule has 28 heavy (non-hydrogen) atoms. The summed E-state index contributed by atoms with van der Waals surface area (Å²) in [5, 5.41) is 23.6. The van der Waals surface area contributed by atoms with Gasteiger partial charge in [0, 0.05) is 12.5 Å². The van der Waals surface area contributed by atoms with Crippen LogP contribution in [-0.4, -0.2) is 37.2 Å². The van der Waals surface area contributed by atoms with Crippen LogP contribution in [0.15, 0.2) is 12.3 Å². The van der Waals surface area contributed by atoms with Crippen LogP contribution in [-0.2, 0) is 12.1 Å². The first-order valence-corrected chi connectivity index (χ1v) is 9.07. The molecule has 10 heteroatoms. The quantitative estimate of drug-likeness (QED) is 0.840. The number of hydrogen-bond donors (Lipinski definition) is 1. The lowest BCUT2D eigenvalue weighted by molar-refractivity contribution is -0.262. The predicted octanol–water partition coefficient (Wildman–Crippen LogP) is 3.16. The van der Waals surface area contributed by atoms with Gasteiger partial charge in [-0.3, -0.25) is 4.68 Å². The van der Waals surface area contributed by atoms with Gasteiger partial charge >= 0.3 is 6.18 Å². The first kappa shape index (κ1) is 18.8. The number of halogens is 3. The van der Waals surface area contributed by atoms with Crippen LogP contribution in [0.3, 0.4) is 0 Å². The van der Waals surface area contributed by atoms with Crippen LogP contribution in [0.2, 0.25) is 0 Å². The predicted molar refractivity (Wildman–Crippen MR) is 91.2 cm³/mol. The van der Waals surface area contributed by atoms with E-state index < -0.39 is 17.6 Å². The minimum absolute atomic E-state index is 0.273. The van der Waals surface area contributed by atoms with Crippen molar-refractivity contribution < 1.29 is 23.0 Å². The number of alkyl halides is 3. The Balaban J connectivity index is 1.61. The summed E-state index contributed by atoms with van der Waals surface area (Å²) in [6, 6.07) is 3.57. The average Bonchev–Trinajstić information content (AvgIpc) is 3.05. The lowest BCUT2D eigenvalue weighted by Crippen LogP contribution is -2.42. The third-order valence-electron chi connectivity index (χ3n) is 5.60. The standard InChI is InChI=1S/C18H20F3N5O2/c1-11-9-25-12(7-14(24-25)28-6-5-17(10-22)3-4-17)13-8-23-15(26(11)13)16(2,27)18(19,20)21/h7-8,11,27H,3-6,9H2,1-2H3/t11-,16+/m0/s1. The van der Waals surface area contributed by atoms with E-state index in [4.69, 9.17) is 10.00 Å². The van der Waals surface area contributed by atoms with Gasteiger partial charge in [0.25, 0.3) is 0 Å². The molecule has 0 unspecified atom stereocenters. The van der Waals surface area contributed by atoms with E-state index >= 15 is 0 Å². The van der Waals surface area contributed by atoms with Crippen molar-refractivity contribution >= 4 is 0 Å². The van der Waals surface area contributed by atoms with Crippen LogP contribution < -0.4 is 4.74 Å². The normalized spacial score (nSPS) is 22.0. The summed E-state index contributed by atoms with van der Waals surface area (Å²) in [4.78, 5) is 3.88. The Labute approximate surface area is 159 Å². The van der Waals surface area contributed by atoms with E-state index in [1.54, 1.807) is 17.7 Å². The number of nitriles is 1. The molecule has 0 saturated heterocycles. The van der Waals surface area contributed by atoms with Crippen molar-refractivity contribution in [2.24, 2.45) is 5.41 Å². The van der Waals surface area contributed by atoms with E-state index in [9.17, 15) is 18.3 Å². The molecule has 2 aromatic heterocycles. The van der Waals surface area contributed by atoms with Crippen LogP contribution >= 0.6 is 0 Å². The Bertz CT molecular complexity index is 950. The zero-order chi connectivity index (χ0) is 20.3. The number of aliphatic hydroxyl groups is 1. The topological polar surface area (TPSA) is 88.9 Å². The van der Waals surface area contributed by atoms with E-state index in [1.807, 2.05) is 0 Å². The molecular formula is C18H20F3N5O2. The lowest BCUT2D eigenvalue weighted by atomic mass is 10.0. The highest BCUT2D eigenvalue weighted by atomic mass is 19.4. The highest BCUT2D eigenvalue weighted by Crippen LogP contribution is 2.48. The lowest BCUT2D eigenvalue weighted by Gasteiger charge is -2.31. The van der Waals surface area contributed by atoms with Gasteiger partial charge in [-0.25, -0.2) is 4.98 Å². The SMILES string of the molecule is C[C@H]1Cn2nc(OCCC3(C#N)CC3)cc2-c2cnc([C@@](C)(O)C(F)(F)F)n21. The molecule has 0 amide bonds. The zero-order valence-electron chi connectivity index (χ0n) is 15.5. The van der Waals surface area contributed by atoms with Gasteiger partial charge in [0.1, 0.15) is 0 Å². The van der Waals surface area contributed by atoms with Crippen LogP contribution in [0.5, 0.6) is 5.88 Å². The highest BCUT2D eigenvalue weighted by molar-refractivity contribution is 5.58. The third kappa shape index (κ3) is 2.85. The summed E-state index contributed by atoms with van der Waals surface area (Å²) in [5.74, 6) is -0.0863. The minimum atomic E-state index is -4.85. The molecule has 1 aliphatic heterocycles. The van der Waals surface area contributed by atoms with Gasteiger partial charge in [-0.15, -0.1) is 5.10 Å². The summed E-state index contributed by atoms with van der Waals surface area (Å²) in [5.41, 5.74) is -2.32. The van der Waals surface area contributed by atoms with E-state index in [0.29, 0.717) is 43.8 Å². The molecule has 0 bridgehead atoms. The summed E-state index contributed by atoms with van der Waals surface area (Å²) in [6.07, 6.45) is -1.15. The molecule has 1 saturated carbocycles. The monoisotopic (exact) mass is 395 g/mol. The molecule has 0 aromatic carbocycles. The molecule has 3 heterocycles. The number of ether oxygens (including phenoxy) is 1. The molecule has 1 aliphatic carbocycles. The second-order valence-corrected chi connectivity index (χ2v) is 7.80. The highest BCUT2D eigenvalue weighted by Gasteiger charge is 2.55. The van der Waals surface area contributed by atoms with E-state index in [2.05, 4.69) is 16.2 Å². The van der Waals surface area contributed by atoms with Gasteiger partial charge in [0.15, 0.2) is 5.82 Å². The number of hydrogen-bond acceptors (Lipinski definition) is 5. The molecule has 1 fully saturated rings. The minimum Gasteiger partial charge on any atom is -0.477 e. The van der Waals surface area contributed by atoms with Crippen molar-refractivity contribution in [1.82, 2.24) is 19.3 Å². The average molecular weight is 395 g/mol. The van der Waals surface area contributed by atoms with E-state index in [1.165, 1.54) is 10.8 Å². The molecule has 150 valence electrons. The molecule has 4 rings (SSSR count). The fraction of sp³-hybridized carbons (Fsp3) is 0.611. The Morgan fingerprint density at radius 3 is 2.71 bits per heavy atom. The Hall–Kier alpha value is -2.54. The summed E-state index contributed by atoms with van der Waals surface area (Å²) in [7, 11) is 0. The van der Waals surface area contributed by atoms with Crippen molar-refractivity contribution in [3.8, 4) is 23.3 Å². The fourth-order valence-electron chi connectivity index (χ4n) is 3.54. The van der Waals surface area contributed by atoms with Crippen LogP contribution in [0.4, 0.5) is 13.2 Å². The molecule has 1 N–H and O–H groups in total. The second kappa shape index (κ2) is 5.98. The number of imidazole rings is 1. The number of rotatable bonds is 5. The maximum atomic E-state index is 13.3. The maximum absolute atomic E-state index is 13.3. The van der Waals surface area contributed by atoms with Crippen molar-refractivity contribution in [3.05, 3.63) is 18.1 Å². The summed E-state index contributed by atoms with van der Waals surface area (Å²) < 4.78 is 48.6. The molecule has 0 radical (unpaired) electrons. The van der Waals surface area contributed by atoms with Crippen molar-refractivity contribution in [2.45, 2.75) is 57.5 Å². The Kier molecular flexibility index (Phi) is 4.01. The largest absolute Gasteiger partial charge is 0.477 e. The van der Waals surface area contributed by atoms with Gasteiger partial charge in [0.2, 0.25) is 11.5 Å². The maximum Gasteiger partial charge on any atom is 0.424 e. The number of nitrogens with zero attached hydrogens (tertiary/aromatic N) is 5. The molecular weight excluding hydrogens is 375 g/mol. The molecule has 2 atom stereocenters. The number of fused-ring (bicyclic) bond motifs is 3. The molecule has 2 aliphatic rings. The van der Waals surface area contributed by atoms with Gasteiger partial charge in [-0.2, -0.15) is 18.4 Å². The van der Waals surface area contributed by atoms with Crippen LogP contribution in [0.25, 0.3) is 11.4 Å². The van der Waals surface area contributed by atoms with Gasteiger partial charge < -0.3 is 14.4 Å². The smallest absolute Gasteiger partial charge is 0.424 e. The fourth-order valence-corrected chi connectivity index (χ4v) is 3.54.